The van der Waals surface area contributed by atoms with Crippen LogP contribution in [0.2, 0.25) is 0 Å². The Balaban J connectivity index is 2.27. The van der Waals surface area contributed by atoms with Crippen molar-refractivity contribution in [1.29, 1.82) is 0 Å². The van der Waals surface area contributed by atoms with Gasteiger partial charge < -0.3 is 9.84 Å². The van der Waals surface area contributed by atoms with Gasteiger partial charge >= 0.3 is 5.97 Å². The number of ether oxygens (including phenoxy) is 1. The molecule has 0 fully saturated rings. The third kappa shape index (κ3) is 3.24. The molecule has 94 valence electrons. The largest absolute Gasteiger partial charge is 0.481 e. The fourth-order valence-corrected chi connectivity index (χ4v) is 2.40. The number of carbonyl (C=O) groups is 1. The Morgan fingerprint density at radius 2 is 1.94 bits per heavy atom. The number of carboxylic acids is 1. The van der Waals surface area contributed by atoms with E-state index >= 15 is 0 Å². The Kier molecular flexibility index (Phi) is 4.23. The molecule has 1 N–H and O–H groups in total. The van der Waals surface area contributed by atoms with E-state index in [0.29, 0.717) is 5.94 Å². The van der Waals surface area contributed by atoms with Crippen LogP contribution < -0.4 is 0 Å². The zero-order chi connectivity index (χ0) is 13.0. The highest BCUT2D eigenvalue weighted by Crippen LogP contribution is 2.24. The van der Waals surface area contributed by atoms with Crippen molar-refractivity contribution in [2.45, 2.75) is 11.3 Å². The molecule has 0 saturated carbocycles. The molecule has 0 unspecified atom stereocenters. The summed E-state index contributed by atoms with van der Waals surface area (Å²) in [5.41, 5.74) is 0.826. The van der Waals surface area contributed by atoms with Crippen molar-refractivity contribution in [1.82, 2.24) is 0 Å². The molecule has 4 heteroatoms. The summed E-state index contributed by atoms with van der Waals surface area (Å²) in [4.78, 5) is 11.8. The number of carboxylic acid groups (broad SMARTS) is 1. The number of hydrogen-bond donors (Lipinski definition) is 1. The molecule has 0 amide bonds. The highest BCUT2D eigenvalue weighted by Gasteiger charge is 2.02. The molecule has 2 aromatic carbocycles. The first-order valence-electron chi connectivity index (χ1n) is 5.55. The lowest BCUT2D eigenvalue weighted by molar-refractivity contribution is -0.136. The Morgan fingerprint density at radius 3 is 2.67 bits per heavy atom. The van der Waals surface area contributed by atoms with Crippen molar-refractivity contribution in [3.63, 3.8) is 0 Å². The van der Waals surface area contributed by atoms with E-state index in [1.54, 1.807) is 18.9 Å². The third-order valence-corrected chi connectivity index (χ3v) is 3.52. The molecular weight excluding hydrogens is 248 g/mol. The van der Waals surface area contributed by atoms with Gasteiger partial charge in [0, 0.05) is 12.0 Å². The molecule has 18 heavy (non-hydrogen) atoms. The average molecular weight is 262 g/mol. The van der Waals surface area contributed by atoms with E-state index in [4.69, 9.17) is 9.84 Å². The van der Waals surface area contributed by atoms with E-state index in [1.165, 1.54) is 0 Å². The minimum absolute atomic E-state index is 0.0656. The zero-order valence-electron chi connectivity index (χ0n) is 10.1. The number of rotatable bonds is 5. The van der Waals surface area contributed by atoms with Gasteiger partial charge in [-0.3, -0.25) is 4.79 Å². The Hall–Kier alpha value is -1.52. The first-order chi connectivity index (χ1) is 8.69. The van der Waals surface area contributed by atoms with Crippen LogP contribution in [0.25, 0.3) is 10.8 Å². The minimum Gasteiger partial charge on any atom is -0.481 e. The summed E-state index contributed by atoms with van der Waals surface area (Å²) in [6.07, 6.45) is 0.0656. The van der Waals surface area contributed by atoms with E-state index in [9.17, 15) is 4.79 Å². The Morgan fingerprint density at radius 1 is 1.22 bits per heavy atom. The number of aliphatic carboxylic acids is 1. The molecule has 0 bridgehead atoms. The highest BCUT2D eigenvalue weighted by atomic mass is 32.2. The van der Waals surface area contributed by atoms with Gasteiger partial charge in [-0.2, -0.15) is 0 Å². The van der Waals surface area contributed by atoms with Gasteiger partial charge in [-0.05, 0) is 28.5 Å². The number of hydrogen-bond acceptors (Lipinski definition) is 3. The summed E-state index contributed by atoms with van der Waals surface area (Å²) >= 11 is 1.63. The van der Waals surface area contributed by atoms with Crippen LogP contribution >= 0.6 is 11.8 Å². The summed E-state index contributed by atoms with van der Waals surface area (Å²) in [5.74, 6) is -0.176. The molecule has 0 aliphatic rings. The maximum atomic E-state index is 10.7. The predicted molar refractivity (Wildman–Crippen MR) is 73.0 cm³/mol. The van der Waals surface area contributed by atoms with Crippen molar-refractivity contribution >= 4 is 28.5 Å². The van der Waals surface area contributed by atoms with Crippen LogP contribution in [0.3, 0.4) is 0 Å². The van der Waals surface area contributed by atoms with Gasteiger partial charge in [-0.1, -0.05) is 36.0 Å². The van der Waals surface area contributed by atoms with Gasteiger partial charge in [0.2, 0.25) is 0 Å². The monoisotopic (exact) mass is 262 g/mol. The van der Waals surface area contributed by atoms with Gasteiger partial charge in [0.25, 0.3) is 0 Å². The predicted octanol–water partition coefficient (Wildman–Crippen LogP) is 3.16. The molecule has 0 atom stereocenters. The van der Waals surface area contributed by atoms with Crippen LogP contribution in [0.5, 0.6) is 0 Å². The topological polar surface area (TPSA) is 46.5 Å². The fraction of sp³-hybridized carbons (Fsp3) is 0.214. The van der Waals surface area contributed by atoms with E-state index in [-0.39, 0.29) is 6.42 Å². The van der Waals surface area contributed by atoms with Crippen molar-refractivity contribution in [3.8, 4) is 0 Å². The SMILES string of the molecule is COCSc1ccc2cc(CC(=O)O)ccc2c1. The lowest BCUT2D eigenvalue weighted by atomic mass is 10.1. The lowest BCUT2D eigenvalue weighted by Crippen LogP contribution is -1.99. The summed E-state index contributed by atoms with van der Waals surface area (Å²) in [7, 11) is 1.67. The summed E-state index contributed by atoms with van der Waals surface area (Å²) < 4.78 is 5.02. The van der Waals surface area contributed by atoms with Gasteiger partial charge in [0.1, 0.15) is 0 Å². The molecule has 0 aliphatic carbocycles. The third-order valence-electron chi connectivity index (χ3n) is 2.57. The summed E-state index contributed by atoms with van der Waals surface area (Å²) in [5, 5.41) is 10.9. The van der Waals surface area contributed by atoms with Gasteiger partial charge in [-0.25, -0.2) is 0 Å². The van der Waals surface area contributed by atoms with Crippen LogP contribution in [0, 0.1) is 0 Å². The second-order valence-corrected chi connectivity index (χ2v) is 4.96. The number of methoxy groups -OCH3 is 1. The van der Waals surface area contributed by atoms with Crippen molar-refractivity contribution in [2.24, 2.45) is 0 Å². The Labute approximate surface area is 110 Å². The molecule has 0 radical (unpaired) electrons. The highest BCUT2D eigenvalue weighted by molar-refractivity contribution is 7.99. The molecule has 2 rings (SSSR count). The minimum atomic E-state index is -0.804. The second-order valence-electron chi connectivity index (χ2n) is 3.96. The number of fused-ring (bicyclic) bond motifs is 1. The van der Waals surface area contributed by atoms with Crippen LogP contribution in [0.4, 0.5) is 0 Å². The maximum Gasteiger partial charge on any atom is 0.307 e. The lowest BCUT2D eigenvalue weighted by Gasteiger charge is -2.05. The van der Waals surface area contributed by atoms with Crippen LogP contribution in [-0.2, 0) is 16.0 Å². The molecule has 0 heterocycles. The van der Waals surface area contributed by atoms with E-state index < -0.39 is 5.97 Å². The van der Waals surface area contributed by atoms with Crippen LogP contribution in [0.15, 0.2) is 41.3 Å². The normalized spacial score (nSPS) is 10.7. The maximum absolute atomic E-state index is 10.7. The second kappa shape index (κ2) is 5.89. The standard InChI is InChI=1S/C14H14O3S/c1-17-9-18-13-5-4-11-6-10(7-14(15)16)2-3-12(11)8-13/h2-6,8H,7,9H2,1H3,(H,15,16). The van der Waals surface area contributed by atoms with E-state index in [1.807, 2.05) is 30.3 Å². The van der Waals surface area contributed by atoms with Crippen LogP contribution in [0.1, 0.15) is 5.56 Å². The molecule has 0 saturated heterocycles. The summed E-state index contributed by atoms with van der Waals surface area (Å²) in [6, 6.07) is 11.9. The smallest absolute Gasteiger partial charge is 0.307 e. The van der Waals surface area contributed by atoms with Gasteiger partial charge in [0.05, 0.1) is 12.4 Å². The molecule has 3 nitrogen and oxygen atoms in total. The first-order valence-corrected chi connectivity index (χ1v) is 6.54. The quantitative estimate of drug-likeness (QED) is 0.664. The van der Waals surface area contributed by atoms with Crippen molar-refractivity contribution in [2.75, 3.05) is 13.0 Å². The van der Waals surface area contributed by atoms with Crippen LogP contribution in [-0.4, -0.2) is 24.1 Å². The zero-order valence-corrected chi connectivity index (χ0v) is 10.9. The molecule has 0 aromatic heterocycles. The molecular formula is C14H14O3S. The molecule has 0 spiro atoms. The van der Waals surface area contributed by atoms with Gasteiger partial charge in [0.15, 0.2) is 0 Å². The Bertz CT molecular complexity index is 566. The van der Waals surface area contributed by atoms with E-state index in [2.05, 4.69) is 6.07 Å². The van der Waals surface area contributed by atoms with Crippen molar-refractivity contribution in [3.05, 3.63) is 42.0 Å². The van der Waals surface area contributed by atoms with Crippen molar-refractivity contribution < 1.29 is 14.6 Å². The summed E-state index contributed by atoms with van der Waals surface area (Å²) in [6.45, 7) is 0. The fourth-order valence-electron chi connectivity index (χ4n) is 1.77. The van der Waals surface area contributed by atoms with Gasteiger partial charge in [-0.15, -0.1) is 0 Å². The number of benzene rings is 2. The van der Waals surface area contributed by atoms with E-state index in [0.717, 1.165) is 21.2 Å². The average Bonchev–Trinajstić information content (AvgIpc) is 2.35. The molecule has 0 aliphatic heterocycles. The number of thioether (sulfide) groups is 1. The first kappa shape index (κ1) is 12.9. The molecule has 2 aromatic rings.